The number of hydrogen-bond donors (Lipinski definition) is 1. The minimum atomic E-state index is 0.0591. The van der Waals surface area contributed by atoms with E-state index in [2.05, 4.69) is 28.2 Å². The Morgan fingerprint density at radius 3 is 2.75 bits per heavy atom. The van der Waals surface area contributed by atoms with Gasteiger partial charge in [0, 0.05) is 6.54 Å². The Labute approximate surface area is 109 Å². The lowest BCUT2D eigenvalue weighted by molar-refractivity contribution is 0.0938. The quantitative estimate of drug-likeness (QED) is 0.903. The van der Waals surface area contributed by atoms with Crippen molar-refractivity contribution < 1.29 is 4.79 Å². The number of hydrogen-bond acceptors (Lipinski definition) is 2. The monoisotopic (exact) mass is 301 g/mol. The summed E-state index contributed by atoms with van der Waals surface area (Å²) in [7, 11) is 0. The molecule has 1 fully saturated rings. The lowest BCUT2D eigenvalue weighted by Crippen LogP contribution is -2.33. The number of halogens is 1. The molecule has 1 aromatic rings. The number of thiophene rings is 1. The van der Waals surface area contributed by atoms with Gasteiger partial charge in [0.15, 0.2) is 0 Å². The molecule has 2 rings (SSSR count). The summed E-state index contributed by atoms with van der Waals surface area (Å²) in [6.45, 7) is 3.08. The number of amides is 1. The summed E-state index contributed by atoms with van der Waals surface area (Å²) in [6, 6.07) is 3.78. The molecule has 0 aliphatic heterocycles. The van der Waals surface area contributed by atoms with E-state index < -0.39 is 0 Å². The van der Waals surface area contributed by atoms with Gasteiger partial charge < -0.3 is 5.32 Å². The summed E-state index contributed by atoms with van der Waals surface area (Å²) in [4.78, 5) is 12.6. The van der Waals surface area contributed by atoms with Gasteiger partial charge in [-0.1, -0.05) is 19.8 Å². The number of nitrogens with one attached hydrogen (secondary N) is 1. The molecular weight excluding hydrogens is 286 g/mol. The maximum Gasteiger partial charge on any atom is 0.261 e. The van der Waals surface area contributed by atoms with Crippen molar-refractivity contribution in [3.05, 3.63) is 20.8 Å². The van der Waals surface area contributed by atoms with Crippen LogP contribution in [0.3, 0.4) is 0 Å². The van der Waals surface area contributed by atoms with Gasteiger partial charge in [0.2, 0.25) is 0 Å². The predicted molar refractivity (Wildman–Crippen MR) is 70.9 cm³/mol. The van der Waals surface area contributed by atoms with E-state index in [-0.39, 0.29) is 5.91 Å². The van der Waals surface area contributed by atoms with E-state index in [4.69, 9.17) is 0 Å². The summed E-state index contributed by atoms with van der Waals surface area (Å²) in [6.07, 6.45) is 5.08. The van der Waals surface area contributed by atoms with E-state index in [1.54, 1.807) is 0 Å². The van der Waals surface area contributed by atoms with Crippen molar-refractivity contribution in [2.75, 3.05) is 6.54 Å². The van der Waals surface area contributed by atoms with Crippen LogP contribution in [0.1, 0.15) is 42.3 Å². The molecule has 1 saturated carbocycles. The van der Waals surface area contributed by atoms with Gasteiger partial charge in [-0.25, -0.2) is 0 Å². The third-order valence-electron chi connectivity index (χ3n) is 3.28. The van der Waals surface area contributed by atoms with Crippen LogP contribution < -0.4 is 5.32 Å². The smallest absolute Gasteiger partial charge is 0.261 e. The third-order valence-corrected chi connectivity index (χ3v) is 4.91. The molecule has 1 aromatic heterocycles. The first-order valence-corrected chi connectivity index (χ1v) is 7.24. The van der Waals surface area contributed by atoms with Gasteiger partial charge in [0.1, 0.15) is 0 Å². The second-order valence-electron chi connectivity index (χ2n) is 4.80. The van der Waals surface area contributed by atoms with Crippen LogP contribution in [-0.2, 0) is 0 Å². The summed E-state index contributed by atoms with van der Waals surface area (Å²) in [5.41, 5.74) is 0.324. The number of rotatable bonds is 3. The molecule has 4 heteroatoms. The Morgan fingerprint density at radius 1 is 1.50 bits per heavy atom. The molecule has 0 aromatic carbocycles. The molecule has 0 spiro atoms. The fourth-order valence-electron chi connectivity index (χ4n) is 2.22. The predicted octanol–water partition coefficient (Wildman–Crippen LogP) is 3.82. The minimum Gasteiger partial charge on any atom is -0.351 e. The Morgan fingerprint density at radius 2 is 2.19 bits per heavy atom. The van der Waals surface area contributed by atoms with Crippen LogP contribution >= 0.6 is 27.3 Å². The molecule has 1 amide bonds. The second kappa shape index (κ2) is 4.88. The van der Waals surface area contributed by atoms with Crippen LogP contribution in [0.2, 0.25) is 0 Å². The number of carbonyl (C=O) groups excluding carboxylic acids is 1. The SMILES string of the molecule is CC1(CNC(=O)c2ccc(Br)s2)CCCC1. The van der Waals surface area contributed by atoms with Crippen LogP contribution in [0.5, 0.6) is 0 Å². The van der Waals surface area contributed by atoms with Crippen LogP contribution in [0.4, 0.5) is 0 Å². The number of carbonyl (C=O) groups is 1. The van der Waals surface area contributed by atoms with E-state index in [9.17, 15) is 4.79 Å². The largest absolute Gasteiger partial charge is 0.351 e. The molecule has 88 valence electrons. The molecule has 0 saturated heterocycles. The topological polar surface area (TPSA) is 29.1 Å². The van der Waals surface area contributed by atoms with Crippen LogP contribution in [-0.4, -0.2) is 12.5 Å². The first kappa shape index (κ1) is 12.1. The van der Waals surface area contributed by atoms with Gasteiger partial charge in [-0.2, -0.15) is 0 Å². The average Bonchev–Trinajstić information content (AvgIpc) is 2.85. The molecule has 16 heavy (non-hydrogen) atoms. The van der Waals surface area contributed by atoms with Crippen LogP contribution in [0.25, 0.3) is 0 Å². The molecule has 1 heterocycles. The molecule has 0 unspecified atom stereocenters. The first-order chi connectivity index (χ1) is 7.59. The lowest BCUT2D eigenvalue weighted by atomic mass is 9.89. The molecule has 1 aliphatic carbocycles. The molecule has 1 N–H and O–H groups in total. The van der Waals surface area contributed by atoms with E-state index in [0.717, 1.165) is 15.2 Å². The molecule has 0 atom stereocenters. The molecule has 2 nitrogen and oxygen atoms in total. The maximum atomic E-state index is 11.8. The summed E-state index contributed by atoms with van der Waals surface area (Å²) in [5.74, 6) is 0.0591. The highest BCUT2D eigenvalue weighted by atomic mass is 79.9. The lowest BCUT2D eigenvalue weighted by Gasteiger charge is -2.23. The fraction of sp³-hybridized carbons (Fsp3) is 0.583. The van der Waals surface area contributed by atoms with Crippen LogP contribution in [0.15, 0.2) is 15.9 Å². The van der Waals surface area contributed by atoms with Gasteiger partial charge in [-0.05, 0) is 46.3 Å². The van der Waals surface area contributed by atoms with Gasteiger partial charge in [0.05, 0.1) is 8.66 Å². The average molecular weight is 302 g/mol. The Bertz CT molecular complexity index is 382. The summed E-state index contributed by atoms with van der Waals surface area (Å²) in [5, 5.41) is 3.05. The molecule has 0 bridgehead atoms. The Balaban J connectivity index is 1.88. The van der Waals surface area contributed by atoms with Crippen molar-refractivity contribution in [2.45, 2.75) is 32.6 Å². The van der Waals surface area contributed by atoms with Gasteiger partial charge in [-0.15, -0.1) is 11.3 Å². The molecule has 1 aliphatic rings. The van der Waals surface area contributed by atoms with E-state index in [1.165, 1.54) is 37.0 Å². The highest BCUT2D eigenvalue weighted by molar-refractivity contribution is 9.11. The second-order valence-corrected chi connectivity index (χ2v) is 7.27. The zero-order valence-corrected chi connectivity index (χ0v) is 11.8. The standard InChI is InChI=1S/C12H16BrNOS/c1-12(6-2-3-7-12)8-14-11(15)9-4-5-10(13)16-9/h4-5H,2-3,6-8H2,1H3,(H,14,15). The summed E-state index contributed by atoms with van der Waals surface area (Å²) < 4.78 is 1.00. The van der Waals surface area contributed by atoms with Crippen molar-refractivity contribution in [3.8, 4) is 0 Å². The maximum absolute atomic E-state index is 11.8. The zero-order valence-electron chi connectivity index (χ0n) is 9.38. The van der Waals surface area contributed by atoms with E-state index in [0.29, 0.717) is 5.41 Å². The van der Waals surface area contributed by atoms with Crippen molar-refractivity contribution >= 4 is 33.2 Å². The van der Waals surface area contributed by atoms with Crippen molar-refractivity contribution in [1.82, 2.24) is 5.32 Å². The van der Waals surface area contributed by atoms with Crippen molar-refractivity contribution in [3.63, 3.8) is 0 Å². The minimum absolute atomic E-state index is 0.0591. The van der Waals surface area contributed by atoms with Crippen LogP contribution in [0, 0.1) is 5.41 Å². The third kappa shape index (κ3) is 2.86. The first-order valence-electron chi connectivity index (χ1n) is 5.63. The van der Waals surface area contributed by atoms with Gasteiger partial charge >= 0.3 is 0 Å². The normalized spacial score (nSPS) is 18.6. The molecular formula is C12H16BrNOS. The fourth-order valence-corrected chi connectivity index (χ4v) is 3.52. The van der Waals surface area contributed by atoms with E-state index >= 15 is 0 Å². The highest BCUT2D eigenvalue weighted by Crippen LogP contribution is 2.36. The van der Waals surface area contributed by atoms with Crippen molar-refractivity contribution in [1.29, 1.82) is 0 Å². The Kier molecular flexibility index (Phi) is 3.70. The van der Waals surface area contributed by atoms with Gasteiger partial charge in [0.25, 0.3) is 5.91 Å². The molecule has 0 radical (unpaired) electrons. The summed E-state index contributed by atoms with van der Waals surface area (Å²) >= 11 is 4.85. The van der Waals surface area contributed by atoms with Crippen molar-refractivity contribution in [2.24, 2.45) is 5.41 Å². The van der Waals surface area contributed by atoms with E-state index in [1.807, 2.05) is 12.1 Å². The zero-order chi connectivity index (χ0) is 11.6. The Hall–Kier alpha value is -0.350. The highest BCUT2D eigenvalue weighted by Gasteiger charge is 2.29. The van der Waals surface area contributed by atoms with Gasteiger partial charge in [-0.3, -0.25) is 4.79 Å².